The van der Waals surface area contributed by atoms with Crippen LogP contribution in [0.4, 0.5) is 0 Å². The molecule has 3 heteroatoms. The van der Waals surface area contributed by atoms with Gasteiger partial charge in [0.2, 0.25) is 0 Å². The summed E-state index contributed by atoms with van der Waals surface area (Å²) < 4.78 is -0.453. The van der Waals surface area contributed by atoms with Crippen LogP contribution >= 0.6 is 23.2 Å². The number of halogens is 2. The Kier molecular flexibility index (Phi) is 4.45. The van der Waals surface area contributed by atoms with Gasteiger partial charge in [0.1, 0.15) is 3.96 Å². The molecule has 0 N–H and O–H groups in total. The highest BCUT2D eigenvalue weighted by molar-refractivity contribution is 6.96. The molecular weight excluding hydrogens is 195 g/mol. The van der Waals surface area contributed by atoms with E-state index in [0.29, 0.717) is 0 Å². The third kappa shape index (κ3) is 2.36. The van der Waals surface area contributed by atoms with Gasteiger partial charge in [-0.1, -0.05) is 38.9 Å². The molecule has 0 unspecified atom stereocenters. The SMILES string of the molecule is CC[Si](CC)(CC)C(C)(Cl)Cl. The number of hydrogen-bond acceptors (Lipinski definition) is 0. The fourth-order valence-electron chi connectivity index (χ4n) is 1.68. The Labute approximate surface area is 81.3 Å². The van der Waals surface area contributed by atoms with Gasteiger partial charge in [0, 0.05) is 0 Å². The standard InChI is InChI=1S/C8H18Cl2Si/c1-5-11(6-2,7-3)8(4,9)10/h5-7H2,1-4H3. The largest absolute Gasteiger partial charge is 0.106 e. The Morgan fingerprint density at radius 1 is 1.00 bits per heavy atom. The van der Waals surface area contributed by atoms with Crippen molar-refractivity contribution in [1.29, 1.82) is 0 Å². The minimum Gasteiger partial charge on any atom is -0.106 e. The fraction of sp³-hybridized carbons (Fsp3) is 1.00. The number of alkyl halides is 2. The van der Waals surface area contributed by atoms with Crippen LogP contribution in [-0.4, -0.2) is 12.0 Å². The normalized spacial score (nSPS) is 13.6. The van der Waals surface area contributed by atoms with Crippen LogP contribution in [0.2, 0.25) is 18.1 Å². The molecule has 0 bridgehead atoms. The van der Waals surface area contributed by atoms with Crippen LogP contribution in [0.3, 0.4) is 0 Å². The maximum Gasteiger partial charge on any atom is 0.105 e. The van der Waals surface area contributed by atoms with Crippen molar-refractivity contribution in [3.8, 4) is 0 Å². The average Bonchev–Trinajstić information content (AvgIpc) is 1.90. The van der Waals surface area contributed by atoms with Crippen molar-refractivity contribution < 1.29 is 0 Å². The first-order valence-electron chi connectivity index (χ1n) is 4.31. The molecule has 0 aliphatic heterocycles. The molecule has 0 saturated heterocycles. The second kappa shape index (κ2) is 4.15. The van der Waals surface area contributed by atoms with Crippen molar-refractivity contribution in [1.82, 2.24) is 0 Å². The Balaban J connectivity index is 4.54. The van der Waals surface area contributed by atoms with E-state index in [1.807, 2.05) is 6.92 Å². The lowest BCUT2D eigenvalue weighted by Crippen LogP contribution is -2.47. The second-order valence-corrected chi connectivity index (χ2v) is 11.3. The maximum atomic E-state index is 6.18. The lowest BCUT2D eigenvalue weighted by molar-refractivity contribution is 1.03. The maximum absolute atomic E-state index is 6.18. The van der Waals surface area contributed by atoms with Gasteiger partial charge in [-0.15, -0.1) is 23.2 Å². The van der Waals surface area contributed by atoms with Crippen LogP contribution < -0.4 is 0 Å². The van der Waals surface area contributed by atoms with Gasteiger partial charge in [-0.05, 0) is 6.92 Å². The fourth-order valence-corrected chi connectivity index (χ4v) is 7.45. The lowest BCUT2D eigenvalue weighted by atomic mass is 10.9. The first-order valence-corrected chi connectivity index (χ1v) is 7.69. The van der Waals surface area contributed by atoms with Crippen molar-refractivity contribution in [2.45, 2.75) is 49.8 Å². The molecule has 0 aliphatic rings. The van der Waals surface area contributed by atoms with Crippen molar-refractivity contribution >= 4 is 31.3 Å². The summed E-state index contributed by atoms with van der Waals surface area (Å²) in [4.78, 5) is 0. The number of rotatable bonds is 4. The molecule has 0 amide bonds. The predicted octanol–water partition coefficient (Wildman–Crippen LogP) is 4.23. The summed E-state index contributed by atoms with van der Waals surface area (Å²) in [5, 5.41) is 0. The van der Waals surface area contributed by atoms with E-state index in [2.05, 4.69) is 20.8 Å². The van der Waals surface area contributed by atoms with E-state index in [-0.39, 0.29) is 0 Å². The Morgan fingerprint density at radius 3 is 1.27 bits per heavy atom. The molecular formula is C8H18Cl2Si. The topological polar surface area (TPSA) is 0 Å². The predicted molar refractivity (Wildman–Crippen MR) is 57.3 cm³/mol. The molecule has 0 aliphatic carbocycles. The summed E-state index contributed by atoms with van der Waals surface area (Å²) in [7, 11) is -1.39. The van der Waals surface area contributed by atoms with Crippen LogP contribution in [0, 0.1) is 0 Å². The zero-order valence-corrected chi connectivity index (χ0v) is 10.4. The molecule has 68 valence electrons. The minimum absolute atomic E-state index is 0.453. The first-order chi connectivity index (χ1) is 4.93. The monoisotopic (exact) mass is 212 g/mol. The average molecular weight is 213 g/mol. The molecule has 0 rings (SSSR count). The molecule has 0 heterocycles. The number of hydrogen-bond donors (Lipinski definition) is 0. The Morgan fingerprint density at radius 2 is 1.27 bits per heavy atom. The molecule has 0 aromatic rings. The van der Waals surface area contributed by atoms with Crippen molar-refractivity contribution in [3.63, 3.8) is 0 Å². The van der Waals surface area contributed by atoms with Crippen LogP contribution in [0.25, 0.3) is 0 Å². The molecule has 0 atom stereocenters. The second-order valence-electron chi connectivity index (χ2n) is 3.23. The summed E-state index contributed by atoms with van der Waals surface area (Å²) >= 11 is 12.4. The van der Waals surface area contributed by atoms with Gasteiger partial charge in [-0.25, -0.2) is 0 Å². The van der Waals surface area contributed by atoms with Crippen LogP contribution in [-0.2, 0) is 0 Å². The molecule has 0 aromatic carbocycles. The van der Waals surface area contributed by atoms with Gasteiger partial charge >= 0.3 is 0 Å². The van der Waals surface area contributed by atoms with E-state index in [0.717, 1.165) is 0 Å². The molecule has 0 saturated carbocycles. The highest BCUT2D eigenvalue weighted by Crippen LogP contribution is 2.39. The molecule has 0 nitrogen and oxygen atoms in total. The van der Waals surface area contributed by atoms with E-state index in [1.165, 1.54) is 18.1 Å². The molecule has 11 heavy (non-hydrogen) atoms. The third-order valence-electron chi connectivity index (χ3n) is 2.96. The minimum atomic E-state index is -1.39. The quantitative estimate of drug-likeness (QED) is 0.484. The summed E-state index contributed by atoms with van der Waals surface area (Å²) in [5.41, 5.74) is 0. The zero-order chi connectivity index (χ0) is 9.12. The van der Waals surface area contributed by atoms with Crippen molar-refractivity contribution in [3.05, 3.63) is 0 Å². The summed E-state index contributed by atoms with van der Waals surface area (Å²) in [6.45, 7) is 8.59. The van der Waals surface area contributed by atoms with Crippen LogP contribution in [0.5, 0.6) is 0 Å². The molecule has 0 radical (unpaired) electrons. The van der Waals surface area contributed by atoms with Gasteiger partial charge in [-0.2, -0.15) is 0 Å². The van der Waals surface area contributed by atoms with Crippen molar-refractivity contribution in [2.24, 2.45) is 0 Å². The highest BCUT2D eigenvalue weighted by atomic mass is 35.5. The highest BCUT2D eigenvalue weighted by Gasteiger charge is 2.43. The van der Waals surface area contributed by atoms with Crippen molar-refractivity contribution in [2.75, 3.05) is 0 Å². The van der Waals surface area contributed by atoms with Gasteiger partial charge in [0.05, 0.1) is 8.07 Å². The van der Waals surface area contributed by atoms with E-state index in [9.17, 15) is 0 Å². The van der Waals surface area contributed by atoms with E-state index in [1.54, 1.807) is 0 Å². The van der Waals surface area contributed by atoms with Crippen LogP contribution in [0.1, 0.15) is 27.7 Å². The smallest absolute Gasteiger partial charge is 0.105 e. The van der Waals surface area contributed by atoms with Gasteiger partial charge in [0.15, 0.2) is 0 Å². The van der Waals surface area contributed by atoms with E-state index < -0.39 is 12.0 Å². The summed E-state index contributed by atoms with van der Waals surface area (Å²) in [6.07, 6.45) is 0. The zero-order valence-electron chi connectivity index (χ0n) is 7.88. The summed E-state index contributed by atoms with van der Waals surface area (Å²) in [5.74, 6) is 0. The van der Waals surface area contributed by atoms with Gasteiger partial charge < -0.3 is 0 Å². The summed E-state index contributed by atoms with van der Waals surface area (Å²) in [6, 6.07) is 3.55. The van der Waals surface area contributed by atoms with Gasteiger partial charge in [0.25, 0.3) is 0 Å². The van der Waals surface area contributed by atoms with E-state index >= 15 is 0 Å². The third-order valence-corrected chi connectivity index (χ3v) is 11.3. The van der Waals surface area contributed by atoms with Crippen LogP contribution in [0.15, 0.2) is 0 Å². The molecule has 0 aromatic heterocycles. The first kappa shape index (κ1) is 11.8. The Hall–Kier alpha value is 0.797. The Bertz CT molecular complexity index is 105. The lowest BCUT2D eigenvalue weighted by Gasteiger charge is -2.37. The van der Waals surface area contributed by atoms with E-state index in [4.69, 9.17) is 23.2 Å². The molecule has 0 fully saturated rings. The molecule has 0 spiro atoms. The van der Waals surface area contributed by atoms with Gasteiger partial charge in [-0.3, -0.25) is 0 Å².